The third kappa shape index (κ3) is 3.24. The fourth-order valence-electron chi connectivity index (χ4n) is 2.51. The highest BCUT2D eigenvalue weighted by Crippen LogP contribution is 2.23. The first-order valence-corrected chi connectivity index (χ1v) is 6.38. The maximum Gasteiger partial charge on any atom is 0.310 e. The highest BCUT2D eigenvalue weighted by molar-refractivity contribution is 5.71. The minimum absolute atomic E-state index is 0.0712. The lowest BCUT2D eigenvalue weighted by molar-refractivity contribution is -0.147. The summed E-state index contributed by atoms with van der Waals surface area (Å²) in [6.45, 7) is 0.302. The van der Waals surface area contributed by atoms with Crippen molar-refractivity contribution in [1.29, 1.82) is 0 Å². The van der Waals surface area contributed by atoms with E-state index in [1.807, 2.05) is 24.3 Å². The standard InChI is InChI=1S/C14H19NO4/c1-19-13-5-3-2-4-9(13)6-10-7-12(16)11(8-15-10)14(17)18/h2-5,10-12,15-16H,6-8H2,1H3,(H,17,18). The number of methoxy groups -OCH3 is 1. The van der Waals surface area contributed by atoms with Gasteiger partial charge < -0.3 is 20.3 Å². The molecule has 1 fully saturated rings. The van der Waals surface area contributed by atoms with Crippen molar-refractivity contribution in [3.8, 4) is 5.75 Å². The first kappa shape index (κ1) is 13.8. The summed E-state index contributed by atoms with van der Waals surface area (Å²) in [5.41, 5.74) is 1.06. The molecule has 0 radical (unpaired) electrons. The summed E-state index contributed by atoms with van der Waals surface area (Å²) in [5.74, 6) is -0.844. The van der Waals surface area contributed by atoms with Gasteiger partial charge in [-0.3, -0.25) is 4.79 Å². The fraction of sp³-hybridized carbons (Fsp3) is 0.500. The van der Waals surface area contributed by atoms with Gasteiger partial charge in [0.1, 0.15) is 5.75 Å². The van der Waals surface area contributed by atoms with Gasteiger partial charge in [0, 0.05) is 12.6 Å². The number of rotatable bonds is 4. The van der Waals surface area contributed by atoms with E-state index in [0.29, 0.717) is 19.4 Å². The molecule has 3 N–H and O–H groups in total. The summed E-state index contributed by atoms with van der Waals surface area (Å²) >= 11 is 0. The Labute approximate surface area is 112 Å². The first-order valence-electron chi connectivity index (χ1n) is 6.38. The van der Waals surface area contributed by atoms with Crippen molar-refractivity contribution in [3.05, 3.63) is 29.8 Å². The molecule has 0 saturated carbocycles. The van der Waals surface area contributed by atoms with Crippen LogP contribution in [0, 0.1) is 5.92 Å². The van der Waals surface area contributed by atoms with Crippen LogP contribution < -0.4 is 10.1 Å². The predicted octanol–water partition coefficient (Wildman–Crippen LogP) is 0.661. The maximum absolute atomic E-state index is 10.9. The van der Waals surface area contributed by atoms with Crippen molar-refractivity contribution in [3.63, 3.8) is 0 Å². The van der Waals surface area contributed by atoms with E-state index in [-0.39, 0.29) is 6.04 Å². The van der Waals surface area contributed by atoms with Crippen molar-refractivity contribution >= 4 is 5.97 Å². The van der Waals surface area contributed by atoms with Gasteiger partial charge in [-0.25, -0.2) is 0 Å². The molecule has 1 saturated heterocycles. The molecule has 104 valence electrons. The van der Waals surface area contributed by atoms with E-state index in [1.54, 1.807) is 7.11 Å². The smallest absolute Gasteiger partial charge is 0.310 e. The molecule has 0 aromatic heterocycles. The molecular weight excluding hydrogens is 246 g/mol. The second-order valence-electron chi connectivity index (χ2n) is 4.87. The number of ether oxygens (including phenoxy) is 1. The molecule has 5 nitrogen and oxygen atoms in total. The molecule has 0 amide bonds. The zero-order valence-corrected chi connectivity index (χ0v) is 10.9. The number of carbonyl (C=O) groups is 1. The minimum Gasteiger partial charge on any atom is -0.496 e. The molecule has 2 rings (SSSR count). The van der Waals surface area contributed by atoms with Crippen molar-refractivity contribution in [2.45, 2.75) is 25.0 Å². The number of hydrogen-bond donors (Lipinski definition) is 3. The van der Waals surface area contributed by atoms with Crippen LogP contribution in [0.3, 0.4) is 0 Å². The molecule has 1 aliphatic rings. The number of aliphatic hydroxyl groups excluding tert-OH is 1. The zero-order chi connectivity index (χ0) is 13.8. The van der Waals surface area contributed by atoms with Crippen LogP contribution in [0.2, 0.25) is 0 Å². The fourth-order valence-corrected chi connectivity index (χ4v) is 2.51. The lowest BCUT2D eigenvalue weighted by atomic mass is 9.88. The van der Waals surface area contributed by atoms with E-state index < -0.39 is 18.0 Å². The second kappa shape index (κ2) is 6.04. The van der Waals surface area contributed by atoms with Crippen LogP contribution in [0.25, 0.3) is 0 Å². The molecule has 3 atom stereocenters. The average Bonchev–Trinajstić information content (AvgIpc) is 2.39. The van der Waals surface area contributed by atoms with Crippen molar-refractivity contribution < 1.29 is 19.7 Å². The Hall–Kier alpha value is -1.59. The predicted molar refractivity (Wildman–Crippen MR) is 70.2 cm³/mol. The van der Waals surface area contributed by atoms with Crippen LogP contribution >= 0.6 is 0 Å². The van der Waals surface area contributed by atoms with Gasteiger partial charge >= 0.3 is 5.97 Å². The maximum atomic E-state index is 10.9. The SMILES string of the molecule is COc1ccccc1CC1CC(O)C(C(=O)O)CN1. The Bertz CT molecular complexity index is 449. The minimum atomic E-state index is -0.948. The third-order valence-electron chi connectivity index (χ3n) is 3.59. The van der Waals surface area contributed by atoms with Gasteiger partial charge in [0.15, 0.2) is 0 Å². The number of carboxylic acids is 1. The van der Waals surface area contributed by atoms with Gasteiger partial charge in [-0.05, 0) is 24.5 Å². The molecule has 1 aromatic carbocycles. The summed E-state index contributed by atoms with van der Waals surface area (Å²) in [5, 5.41) is 22.0. The van der Waals surface area contributed by atoms with Crippen LogP contribution in [0.15, 0.2) is 24.3 Å². The molecule has 0 aliphatic carbocycles. The number of aliphatic carboxylic acids is 1. The lowest BCUT2D eigenvalue weighted by Crippen LogP contribution is -2.50. The number of hydrogen-bond acceptors (Lipinski definition) is 4. The molecule has 0 bridgehead atoms. The average molecular weight is 265 g/mol. The molecule has 1 aliphatic heterocycles. The first-order chi connectivity index (χ1) is 9.11. The van der Waals surface area contributed by atoms with E-state index in [2.05, 4.69) is 5.32 Å². The molecule has 3 unspecified atom stereocenters. The normalized spacial score (nSPS) is 26.9. The molecule has 1 aromatic rings. The van der Waals surface area contributed by atoms with E-state index in [1.165, 1.54) is 0 Å². The van der Waals surface area contributed by atoms with Gasteiger partial charge in [0.05, 0.1) is 19.1 Å². The number of nitrogens with one attached hydrogen (secondary N) is 1. The number of carboxylic acid groups (broad SMARTS) is 1. The summed E-state index contributed by atoms with van der Waals surface area (Å²) in [7, 11) is 1.63. The van der Waals surface area contributed by atoms with Crippen LogP contribution in [0.5, 0.6) is 5.75 Å². The number of benzene rings is 1. The largest absolute Gasteiger partial charge is 0.496 e. The molecule has 0 spiro atoms. The monoisotopic (exact) mass is 265 g/mol. The third-order valence-corrected chi connectivity index (χ3v) is 3.59. The van der Waals surface area contributed by atoms with Gasteiger partial charge in [-0.1, -0.05) is 18.2 Å². The van der Waals surface area contributed by atoms with E-state index in [0.717, 1.165) is 11.3 Å². The number of para-hydroxylation sites is 1. The summed E-state index contributed by atoms with van der Waals surface area (Å²) < 4.78 is 5.29. The zero-order valence-electron chi connectivity index (χ0n) is 10.9. The Kier molecular flexibility index (Phi) is 4.39. The topological polar surface area (TPSA) is 78.8 Å². The van der Waals surface area contributed by atoms with E-state index >= 15 is 0 Å². The van der Waals surface area contributed by atoms with Crippen molar-refractivity contribution in [2.75, 3.05) is 13.7 Å². The quantitative estimate of drug-likeness (QED) is 0.745. The van der Waals surface area contributed by atoms with Crippen LogP contribution in [0.4, 0.5) is 0 Å². The van der Waals surface area contributed by atoms with E-state index in [4.69, 9.17) is 9.84 Å². The van der Waals surface area contributed by atoms with Crippen molar-refractivity contribution in [1.82, 2.24) is 5.32 Å². The van der Waals surface area contributed by atoms with Crippen LogP contribution in [-0.2, 0) is 11.2 Å². The number of piperidine rings is 1. The summed E-state index contributed by atoms with van der Waals surface area (Å²) in [4.78, 5) is 10.9. The Balaban J connectivity index is 2.00. The van der Waals surface area contributed by atoms with Gasteiger partial charge in [-0.15, -0.1) is 0 Å². The lowest BCUT2D eigenvalue weighted by Gasteiger charge is -2.32. The number of aliphatic hydroxyl groups is 1. The Morgan fingerprint density at radius 2 is 2.21 bits per heavy atom. The van der Waals surface area contributed by atoms with Gasteiger partial charge in [-0.2, -0.15) is 0 Å². The summed E-state index contributed by atoms with van der Waals surface area (Å²) in [6.07, 6.45) is 0.362. The Morgan fingerprint density at radius 1 is 1.47 bits per heavy atom. The highest BCUT2D eigenvalue weighted by atomic mass is 16.5. The van der Waals surface area contributed by atoms with E-state index in [9.17, 15) is 9.90 Å². The second-order valence-corrected chi connectivity index (χ2v) is 4.87. The van der Waals surface area contributed by atoms with Crippen LogP contribution in [-0.4, -0.2) is 42.0 Å². The van der Waals surface area contributed by atoms with Gasteiger partial charge in [0.25, 0.3) is 0 Å². The van der Waals surface area contributed by atoms with Gasteiger partial charge in [0.2, 0.25) is 0 Å². The summed E-state index contributed by atoms with van der Waals surface area (Å²) in [6, 6.07) is 7.80. The molecule has 19 heavy (non-hydrogen) atoms. The highest BCUT2D eigenvalue weighted by Gasteiger charge is 2.33. The molecule has 5 heteroatoms. The van der Waals surface area contributed by atoms with Crippen molar-refractivity contribution in [2.24, 2.45) is 5.92 Å². The van der Waals surface area contributed by atoms with Crippen LogP contribution in [0.1, 0.15) is 12.0 Å². The molecular formula is C14H19NO4. The molecule has 1 heterocycles. The Morgan fingerprint density at radius 3 is 2.84 bits per heavy atom.